The van der Waals surface area contributed by atoms with E-state index in [0.717, 1.165) is 11.4 Å². The van der Waals surface area contributed by atoms with E-state index in [-0.39, 0.29) is 18.3 Å². The quantitative estimate of drug-likeness (QED) is 0.739. The lowest BCUT2D eigenvalue weighted by Crippen LogP contribution is -2.63. The van der Waals surface area contributed by atoms with Crippen molar-refractivity contribution in [1.29, 1.82) is 0 Å². The SMILES string of the molecule is COc1cccc(N2C(C)=CN3C2=NC2C3C(=O)N(Cc3ccc(F)cc3)C(=O)N2C)c1. The van der Waals surface area contributed by atoms with Crippen LogP contribution in [-0.2, 0) is 11.3 Å². The summed E-state index contributed by atoms with van der Waals surface area (Å²) in [4.78, 5) is 37.6. The lowest BCUT2D eigenvalue weighted by atomic mass is 10.1. The maximum absolute atomic E-state index is 13.4. The zero-order valence-corrected chi connectivity index (χ0v) is 17.9. The largest absolute Gasteiger partial charge is 0.497 e. The smallest absolute Gasteiger partial charge is 0.328 e. The summed E-state index contributed by atoms with van der Waals surface area (Å²) in [6.07, 6.45) is 1.24. The van der Waals surface area contributed by atoms with Crippen molar-refractivity contribution in [2.24, 2.45) is 4.99 Å². The number of urea groups is 1. The first kappa shape index (κ1) is 20.0. The Kier molecular flexibility index (Phi) is 4.61. The van der Waals surface area contributed by atoms with Crippen LogP contribution in [0.1, 0.15) is 12.5 Å². The van der Waals surface area contributed by atoms with E-state index >= 15 is 0 Å². The molecule has 3 aliphatic rings. The Morgan fingerprint density at radius 2 is 1.88 bits per heavy atom. The highest BCUT2D eigenvalue weighted by Crippen LogP contribution is 2.37. The molecule has 2 aromatic rings. The number of fused-ring (bicyclic) bond motifs is 3. The molecule has 3 aliphatic heterocycles. The fourth-order valence-electron chi connectivity index (χ4n) is 4.34. The van der Waals surface area contributed by atoms with Crippen LogP contribution in [0.2, 0.25) is 0 Å². The minimum Gasteiger partial charge on any atom is -0.497 e. The van der Waals surface area contributed by atoms with Gasteiger partial charge in [-0.2, -0.15) is 0 Å². The van der Waals surface area contributed by atoms with Crippen LogP contribution in [0.3, 0.4) is 0 Å². The summed E-state index contributed by atoms with van der Waals surface area (Å²) in [5.74, 6) is 0.588. The second-order valence-electron chi connectivity index (χ2n) is 7.95. The number of hydrogen-bond donors (Lipinski definition) is 0. The molecule has 0 spiro atoms. The number of benzene rings is 2. The number of rotatable bonds is 4. The number of allylic oxidation sites excluding steroid dienone is 1. The number of aliphatic imine (C=N–C) groups is 1. The molecular weight excluding hydrogens is 413 g/mol. The summed E-state index contributed by atoms with van der Waals surface area (Å²) in [7, 11) is 3.25. The first-order valence-corrected chi connectivity index (χ1v) is 10.2. The fourth-order valence-corrected chi connectivity index (χ4v) is 4.34. The summed E-state index contributed by atoms with van der Waals surface area (Å²) >= 11 is 0. The predicted octanol–water partition coefficient (Wildman–Crippen LogP) is 2.98. The van der Waals surface area contributed by atoms with Crippen molar-refractivity contribution in [3.8, 4) is 5.75 Å². The Morgan fingerprint density at radius 3 is 2.59 bits per heavy atom. The van der Waals surface area contributed by atoms with Gasteiger partial charge in [0.05, 0.1) is 19.3 Å². The van der Waals surface area contributed by atoms with Gasteiger partial charge < -0.3 is 14.5 Å². The monoisotopic (exact) mass is 435 g/mol. The van der Waals surface area contributed by atoms with E-state index in [9.17, 15) is 14.0 Å². The molecule has 2 aromatic carbocycles. The van der Waals surface area contributed by atoms with Crippen LogP contribution >= 0.6 is 0 Å². The molecule has 164 valence electrons. The Hall–Kier alpha value is -3.88. The number of carbonyl (C=O) groups is 2. The average molecular weight is 435 g/mol. The number of guanidine groups is 1. The van der Waals surface area contributed by atoms with E-state index in [1.165, 1.54) is 21.9 Å². The molecule has 1 saturated heterocycles. The van der Waals surface area contributed by atoms with Gasteiger partial charge in [0, 0.05) is 25.0 Å². The van der Waals surface area contributed by atoms with Gasteiger partial charge >= 0.3 is 6.03 Å². The number of nitrogens with zero attached hydrogens (tertiary/aromatic N) is 5. The van der Waals surface area contributed by atoms with Gasteiger partial charge in [-0.15, -0.1) is 0 Å². The lowest BCUT2D eigenvalue weighted by molar-refractivity contribution is -0.137. The maximum atomic E-state index is 13.4. The Balaban J connectivity index is 1.47. The van der Waals surface area contributed by atoms with Crippen molar-refractivity contribution in [3.63, 3.8) is 0 Å². The number of hydrogen-bond acceptors (Lipinski definition) is 6. The number of halogens is 1. The topological polar surface area (TPSA) is 68.7 Å². The summed E-state index contributed by atoms with van der Waals surface area (Å²) in [5.41, 5.74) is 2.42. The van der Waals surface area contributed by atoms with E-state index in [1.807, 2.05) is 47.2 Å². The molecule has 2 unspecified atom stereocenters. The molecule has 0 saturated carbocycles. The highest BCUT2D eigenvalue weighted by Gasteiger charge is 2.54. The van der Waals surface area contributed by atoms with Crippen molar-refractivity contribution >= 4 is 23.6 Å². The highest BCUT2D eigenvalue weighted by molar-refractivity contribution is 6.09. The Bertz CT molecular complexity index is 1160. The third-order valence-electron chi connectivity index (χ3n) is 5.95. The third-order valence-corrected chi connectivity index (χ3v) is 5.95. The van der Waals surface area contributed by atoms with Crippen LogP contribution in [0.4, 0.5) is 14.9 Å². The van der Waals surface area contributed by atoms with Gasteiger partial charge in [-0.1, -0.05) is 18.2 Å². The van der Waals surface area contributed by atoms with Gasteiger partial charge in [0.1, 0.15) is 11.6 Å². The van der Waals surface area contributed by atoms with Crippen molar-refractivity contribution in [2.45, 2.75) is 25.7 Å². The third kappa shape index (κ3) is 3.00. The van der Waals surface area contributed by atoms with Crippen molar-refractivity contribution in [1.82, 2.24) is 14.7 Å². The van der Waals surface area contributed by atoms with Crippen LogP contribution in [0.5, 0.6) is 5.75 Å². The average Bonchev–Trinajstić information content (AvgIpc) is 3.31. The van der Waals surface area contributed by atoms with Gasteiger partial charge in [0.2, 0.25) is 5.96 Å². The van der Waals surface area contributed by atoms with Gasteiger partial charge in [-0.25, -0.2) is 14.2 Å². The zero-order valence-electron chi connectivity index (χ0n) is 17.9. The number of imide groups is 1. The number of ether oxygens (including phenoxy) is 1. The first-order chi connectivity index (χ1) is 15.4. The Morgan fingerprint density at radius 1 is 1.12 bits per heavy atom. The molecule has 9 heteroatoms. The number of amides is 3. The van der Waals surface area contributed by atoms with Crippen LogP contribution in [-0.4, -0.2) is 59.0 Å². The zero-order chi connectivity index (χ0) is 22.6. The molecule has 8 nitrogen and oxygen atoms in total. The highest BCUT2D eigenvalue weighted by atomic mass is 19.1. The molecule has 0 radical (unpaired) electrons. The van der Waals surface area contributed by atoms with Crippen LogP contribution < -0.4 is 9.64 Å². The normalized spacial score (nSPS) is 22.1. The molecule has 0 aliphatic carbocycles. The van der Waals surface area contributed by atoms with Crippen LogP contribution in [0.25, 0.3) is 0 Å². The van der Waals surface area contributed by atoms with Crippen molar-refractivity contribution in [3.05, 3.63) is 71.8 Å². The van der Waals surface area contributed by atoms with E-state index in [4.69, 9.17) is 9.73 Å². The summed E-state index contributed by atoms with van der Waals surface area (Å²) < 4.78 is 18.6. The maximum Gasteiger partial charge on any atom is 0.328 e. The fraction of sp³-hybridized carbons (Fsp3) is 0.261. The van der Waals surface area contributed by atoms with E-state index < -0.39 is 18.2 Å². The molecule has 1 fully saturated rings. The van der Waals surface area contributed by atoms with Gasteiger partial charge in [-0.05, 0) is 36.8 Å². The van der Waals surface area contributed by atoms with Gasteiger partial charge in [-0.3, -0.25) is 14.6 Å². The summed E-state index contributed by atoms with van der Waals surface area (Å²) in [6.45, 7) is 2.00. The molecule has 0 N–H and O–H groups in total. The molecule has 3 amide bonds. The van der Waals surface area contributed by atoms with E-state index in [1.54, 1.807) is 26.3 Å². The van der Waals surface area contributed by atoms with Crippen molar-refractivity contribution < 1.29 is 18.7 Å². The second kappa shape index (κ2) is 7.37. The lowest BCUT2D eigenvalue weighted by Gasteiger charge is -2.40. The standard InChI is InChI=1S/C23H22FN5O3/c1-14-12-27-19-20(25-22(27)29(14)17-5-4-6-18(11-17)32-3)26(2)23(31)28(21(19)30)13-15-7-9-16(24)10-8-15/h4-12,19-20H,13H2,1-3H3. The molecule has 0 aromatic heterocycles. The van der Waals surface area contributed by atoms with E-state index in [0.29, 0.717) is 17.3 Å². The summed E-state index contributed by atoms with van der Waals surface area (Å²) in [5, 5.41) is 0. The number of anilines is 1. The van der Waals surface area contributed by atoms with Crippen molar-refractivity contribution in [2.75, 3.05) is 19.1 Å². The minimum atomic E-state index is -0.668. The molecule has 3 heterocycles. The number of methoxy groups -OCH3 is 1. The number of likely N-dealkylation sites (N-methyl/N-ethyl adjacent to an activating group) is 1. The van der Waals surface area contributed by atoms with Gasteiger partial charge in [0.25, 0.3) is 5.91 Å². The number of carbonyl (C=O) groups excluding carboxylic acids is 2. The Labute approximate surface area is 184 Å². The molecule has 5 rings (SSSR count). The minimum absolute atomic E-state index is 0.0664. The molecule has 2 atom stereocenters. The first-order valence-electron chi connectivity index (χ1n) is 10.2. The van der Waals surface area contributed by atoms with Crippen LogP contribution in [0, 0.1) is 5.82 Å². The van der Waals surface area contributed by atoms with E-state index in [2.05, 4.69) is 0 Å². The molecule has 32 heavy (non-hydrogen) atoms. The summed E-state index contributed by atoms with van der Waals surface area (Å²) in [6, 6.07) is 12.2. The predicted molar refractivity (Wildman–Crippen MR) is 116 cm³/mol. The second-order valence-corrected chi connectivity index (χ2v) is 7.95. The van der Waals surface area contributed by atoms with Crippen LogP contribution in [0.15, 0.2) is 65.4 Å². The van der Waals surface area contributed by atoms with Gasteiger partial charge in [0.15, 0.2) is 12.2 Å². The molecule has 0 bridgehead atoms. The molecular formula is C23H22FN5O3.